The highest BCUT2D eigenvalue weighted by Gasteiger charge is 2.36. The molecule has 4 N–H and O–H groups in total. The summed E-state index contributed by atoms with van der Waals surface area (Å²) in [5, 5.41) is 38.7. The molecule has 0 unspecified atom stereocenters. The van der Waals surface area contributed by atoms with E-state index in [1.54, 1.807) is 6.08 Å². The first-order valence-corrected chi connectivity index (χ1v) is 9.68. The maximum atomic E-state index is 10.5. The number of unbranched alkanes of at least 4 members (excludes halogenated alkanes) is 3. The van der Waals surface area contributed by atoms with Crippen molar-refractivity contribution < 1.29 is 30.0 Å². The van der Waals surface area contributed by atoms with Crippen molar-refractivity contribution in [2.75, 3.05) is 0 Å². The topological polar surface area (TPSA) is 107 Å². The third-order valence-electron chi connectivity index (χ3n) is 4.56. The average molecular weight is 370 g/mol. The summed E-state index contributed by atoms with van der Waals surface area (Å²) >= 11 is 0. The Balaban J connectivity index is 2.29. The van der Waals surface area contributed by atoms with Gasteiger partial charge in [0.1, 0.15) is 0 Å². The van der Waals surface area contributed by atoms with Crippen LogP contribution in [0.15, 0.2) is 24.3 Å². The zero-order valence-corrected chi connectivity index (χ0v) is 15.7. The molecule has 1 aliphatic heterocycles. The summed E-state index contributed by atoms with van der Waals surface area (Å²) in [6.45, 7) is 2.16. The van der Waals surface area contributed by atoms with Gasteiger partial charge in [-0.3, -0.25) is 4.79 Å². The summed E-state index contributed by atoms with van der Waals surface area (Å²) in [5.74, 6) is -0.870. The molecule has 6 nitrogen and oxygen atoms in total. The van der Waals surface area contributed by atoms with Crippen LogP contribution in [0.5, 0.6) is 0 Å². The van der Waals surface area contributed by atoms with Crippen molar-refractivity contribution in [2.24, 2.45) is 0 Å². The number of hydrogen-bond donors (Lipinski definition) is 4. The maximum absolute atomic E-state index is 10.5. The zero-order chi connectivity index (χ0) is 19.4. The summed E-state index contributed by atoms with van der Waals surface area (Å²) in [7, 11) is 0. The molecule has 1 rings (SSSR count). The van der Waals surface area contributed by atoms with Gasteiger partial charge in [0.05, 0.1) is 30.5 Å². The van der Waals surface area contributed by atoms with Crippen LogP contribution in [0.1, 0.15) is 64.7 Å². The third kappa shape index (κ3) is 9.48. The minimum Gasteiger partial charge on any atom is -0.481 e. The van der Waals surface area contributed by atoms with Gasteiger partial charge in [-0.2, -0.15) is 0 Å². The number of ether oxygens (including phenoxy) is 1. The summed E-state index contributed by atoms with van der Waals surface area (Å²) in [6.07, 6.45) is 10.1. The van der Waals surface area contributed by atoms with E-state index < -0.39 is 36.5 Å². The van der Waals surface area contributed by atoms with E-state index in [-0.39, 0.29) is 6.42 Å². The van der Waals surface area contributed by atoms with E-state index in [0.29, 0.717) is 25.7 Å². The van der Waals surface area contributed by atoms with Crippen LogP contribution < -0.4 is 0 Å². The Morgan fingerprint density at radius 2 is 1.96 bits per heavy atom. The Hall–Kier alpha value is -1.21. The van der Waals surface area contributed by atoms with E-state index in [1.165, 1.54) is 18.9 Å². The number of hydrogen-bond acceptors (Lipinski definition) is 5. The van der Waals surface area contributed by atoms with Gasteiger partial charge in [0.2, 0.25) is 0 Å². The van der Waals surface area contributed by atoms with Crippen LogP contribution in [-0.2, 0) is 9.53 Å². The lowest BCUT2D eigenvalue weighted by atomic mass is 10.0. The second-order valence-corrected chi connectivity index (χ2v) is 6.95. The van der Waals surface area contributed by atoms with Crippen LogP contribution in [0.25, 0.3) is 0 Å². The normalized spacial score (nSPS) is 25.9. The molecule has 0 spiro atoms. The largest absolute Gasteiger partial charge is 0.481 e. The Labute approximate surface area is 156 Å². The fraction of sp³-hybridized carbons (Fsp3) is 0.750. The molecule has 26 heavy (non-hydrogen) atoms. The molecular weight excluding hydrogens is 336 g/mol. The molecule has 1 fully saturated rings. The second-order valence-electron chi connectivity index (χ2n) is 6.95. The third-order valence-corrected chi connectivity index (χ3v) is 4.56. The fourth-order valence-corrected chi connectivity index (χ4v) is 3.01. The lowest BCUT2D eigenvalue weighted by Gasteiger charge is -2.17. The predicted molar refractivity (Wildman–Crippen MR) is 99.8 cm³/mol. The molecule has 6 heteroatoms. The predicted octanol–water partition coefficient (Wildman–Crippen LogP) is 2.56. The quantitative estimate of drug-likeness (QED) is 0.293. The summed E-state index contributed by atoms with van der Waals surface area (Å²) in [6, 6.07) is 0. The fourth-order valence-electron chi connectivity index (χ4n) is 3.01. The van der Waals surface area contributed by atoms with Gasteiger partial charge in [0.15, 0.2) is 0 Å². The van der Waals surface area contributed by atoms with Gasteiger partial charge in [0.25, 0.3) is 0 Å². The molecule has 150 valence electrons. The van der Waals surface area contributed by atoms with Gasteiger partial charge in [0, 0.05) is 12.8 Å². The molecule has 0 radical (unpaired) electrons. The Bertz CT molecular complexity index is 448. The highest BCUT2D eigenvalue weighted by molar-refractivity contribution is 5.66. The molecule has 0 aliphatic carbocycles. The van der Waals surface area contributed by atoms with Crippen LogP contribution in [0.3, 0.4) is 0 Å². The Morgan fingerprint density at radius 1 is 1.19 bits per heavy atom. The first-order chi connectivity index (χ1) is 12.4. The van der Waals surface area contributed by atoms with Crippen molar-refractivity contribution >= 4 is 5.97 Å². The highest BCUT2D eigenvalue weighted by atomic mass is 16.5. The first kappa shape index (κ1) is 22.8. The van der Waals surface area contributed by atoms with Crippen molar-refractivity contribution in [2.45, 2.75) is 95.2 Å². The van der Waals surface area contributed by atoms with E-state index in [4.69, 9.17) is 9.84 Å². The molecule has 0 aromatic rings. The highest BCUT2D eigenvalue weighted by Crippen LogP contribution is 2.27. The molecule has 5 atom stereocenters. The summed E-state index contributed by atoms with van der Waals surface area (Å²) in [5.41, 5.74) is 0. The van der Waals surface area contributed by atoms with Crippen molar-refractivity contribution in [3.05, 3.63) is 24.3 Å². The van der Waals surface area contributed by atoms with Gasteiger partial charge < -0.3 is 25.2 Å². The molecular formula is C20H34O6. The minimum absolute atomic E-state index is 0.0395. The molecule has 0 bridgehead atoms. The number of carboxylic acid groups (broad SMARTS) is 1. The number of carboxylic acids is 1. The number of allylic oxidation sites excluding steroid dienone is 1. The van der Waals surface area contributed by atoms with Gasteiger partial charge >= 0.3 is 5.97 Å². The van der Waals surface area contributed by atoms with Crippen LogP contribution in [0.4, 0.5) is 0 Å². The number of rotatable bonds is 13. The number of aliphatic hydroxyl groups excluding tert-OH is 3. The van der Waals surface area contributed by atoms with Crippen molar-refractivity contribution in [1.29, 1.82) is 0 Å². The lowest BCUT2D eigenvalue weighted by Crippen LogP contribution is -2.25. The summed E-state index contributed by atoms with van der Waals surface area (Å²) < 4.78 is 5.65. The van der Waals surface area contributed by atoms with Gasteiger partial charge in [-0.15, -0.1) is 0 Å². The van der Waals surface area contributed by atoms with E-state index >= 15 is 0 Å². The Kier molecular flexibility index (Phi) is 11.4. The van der Waals surface area contributed by atoms with Crippen LogP contribution >= 0.6 is 0 Å². The maximum Gasteiger partial charge on any atom is 0.303 e. The molecule has 1 aliphatic rings. The molecule has 1 saturated heterocycles. The minimum atomic E-state index is -0.905. The van der Waals surface area contributed by atoms with Crippen molar-refractivity contribution in [3.8, 4) is 0 Å². The van der Waals surface area contributed by atoms with Crippen molar-refractivity contribution in [3.63, 3.8) is 0 Å². The van der Waals surface area contributed by atoms with E-state index in [2.05, 4.69) is 13.0 Å². The molecule has 0 amide bonds. The Morgan fingerprint density at radius 3 is 2.65 bits per heavy atom. The van der Waals surface area contributed by atoms with Crippen LogP contribution in [0, 0.1) is 0 Å². The van der Waals surface area contributed by atoms with Gasteiger partial charge in [-0.1, -0.05) is 44.1 Å². The standard InChI is InChI=1S/C20H34O6/c1-2-3-4-5-6-7-9-15(21)12-13-16(22)19-14-17(23)18(26-19)10-8-11-20(24)25/h6-7,12-13,15-19,21-23H,2-5,8-11,14H2,1H3,(H,24,25)/b7-6-,13-12-/t15-,16-,17+,18-,19-/m0/s1. The smallest absolute Gasteiger partial charge is 0.303 e. The lowest BCUT2D eigenvalue weighted by molar-refractivity contribution is -0.137. The van der Waals surface area contributed by atoms with Crippen molar-refractivity contribution in [1.82, 2.24) is 0 Å². The second kappa shape index (κ2) is 13.0. The van der Waals surface area contributed by atoms with E-state index in [9.17, 15) is 20.1 Å². The molecule has 1 heterocycles. The average Bonchev–Trinajstić information content (AvgIpc) is 2.96. The van der Waals surface area contributed by atoms with Crippen LogP contribution in [-0.4, -0.2) is 56.9 Å². The number of aliphatic carboxylic acids is 1. The molecule has 0 aromatic heterocycles. The van der Waals surface area contributed by atoms with Crippen LogP contribution in [0.2, 0.25) is 0 Å². The van der Waals surface area contributed by atoms with E-state index in [1.807, 2.05) is 6.08 Å². The SMILES string of the molecule is CCCCC/C=C\C[C@H](O)/C=C\[C@H](O)[C@@H]1C[C@@H](O)[C@H](CCCC(=O)O)O1. The monoisotopic (exact) mass is 370 g/mol. The summed E-state index contributed by atoms with van der Waals surface area (Å²) in [4.78, 5) is 10.5. The van der Waals surface area contributed by atoms with Gasteiger partial charge in [-0.05, 0) is 32.1 Å². The van der Waals surface area contributed by atoms with E-state index in [0.717, 1.165) is 12.8 Å². The number of aliphatic hydroxyl groups is 3. The van der Waals surface area contributed by atoms with Gasteiger partial charge in [-0.25, -0.2) is 0 Å². The molecule has 0 saturated carbocycles. The zero-order valence-electron chi connectivity index (χ0n) is 15.7. The first-order valence-electron chi connectivity index (χ1n) is 9.68. The molecule has 0 aromatic carbocycles. The number of carbonyl (C=O) groups is 1.